The number of aryl methyl sites for hydroxylation is 1. The molecule has 0 fully saturated rings. The predicted molar refractivity (Wildman–Crippen MR) is 84.4 cm³/mol. The molecular weight excluding hydrogens is 264 g/mol. The van der Waals surface area contributed by atoms with Crippen LogP contribution in [-0.2, 0) is 13.6 Å². The van der Waals surface area contributed by atoms with Gasteiger partial charge in [-0.3, -0.25) is 0 Å². The van der Waals surface area contributed by atoms with E-state index in [0.29, 0.717) is 12.5 Å². The van der Waals surface area contributed by atoms with E-state index < -0.39 is 0 Å². The fourth-order valence-electron chi connectivity index (χ4n) is 2.10. The van der Waals surface area contributed by atoms with Crippen molar-refractivity contribution in [2.45, 2.75) is 6.54 Å². The van der Waals surface area contributed by atoms with Crippen LogP contribution < -0.4 is 10.2 Å². The molecule has 6 heteroatoms. The Balaban J connectivity index is 1.96. The van der Waals surface area contributed by atoms with Gasteiger partial charge in [0.05, 0.1) is 6.33 Å². The lowest BCUT2D eigenvalue weighted by Crippen LogP contribution is -2.14. The summed E-state index contributed by atoms with van der Waals surface area (Å²) < 4.78 is 1.90. The Morgan fingerprint density at radius 3 is 2.62 bits per heavy atom. The Morgan fingerprint density at radius 1 is 1.14 bits per heavy atom. The van der Waals surface area contributed by atoms with Crippen LogP contribution in [0.15, 0.2) is 36.7 Å². The zero-order valence-electron chi connectivity index (χ0n) is 12.4. The molecule has 108 valence electrons. The van der Waals surface area contributed by atoms with E-state index in [9.17, 15) is 0 Å². The molecule has 3 rings (SSSR count). The SMILES string of the molecule is CN(C)c1nc(NCc2ccccc2)c2ncn(C)c2n1. The molecule has 0 aliphatic carbocycles. The number of anilines is 2. The van der Waals surface area contributed by atoms with Crippen molar-refractivity contribution < 1.29 is 0 Å². The van der Waals surface area contributed by atoms with Crippen LogP contribution >= 0.6 is 0 Å². The molecule has 0 bridgehead atoms. The minimum absolute atomic E-state index is 0.668. The largest absolute Gasteiger partial charge is 0.364 e. The topological polar surface area (TPSA) is 58.9 Å². The third kappa shape index (κ3) is 2.65. The summed E-state index contributed by atoms with van der Waals surface area (Å²) in [5.74, 6) is 1.43. The van der Waals surface area contributed by atoms with Gasteiger partial charge in [-0.05, 0) is 5.56 Å². The maximum Gasteiger partial charge on any atom is 0.228 e. The predicted octanol–water partition coefficient (Wildman–Crippen LogP) is 2.04. The molecule has 0 spiro atoms. The van der Waals surface area contributed by atoms with Crippen molar-refractivity contribution >= 4 is 22.9 Å². The highest BCUT2D eigenvalue weighted by atomic mass is 15.3. The Hall–Kier alpha value is -2.63. The van der Waals surface area contributed by atoms with E-state index >= 15 is 0 Å². The molecule has 0 saturated carbocycles. The molecule has 0 aliphatic rings. The number of rotatable bonds is 4. The van der Waals surface area contributed by atoms with Gasteiger partial charge in [0.15, 0.2) is 17.0 Å². The molecule has 0 radical (unpaired) electrons. The number of aromatic nitrogens is 4. The first kappa shape index (κ1) is 13.4. The number of imidazole rings is 1. The lowest BCUT2D eigenvalue weighted by molar-refractivity contribution is 0.918. The second kappa shape index (κ2) is 5.40. The fourth-order valence-corrected chi connectivity index (χ4v) is 2.10. The van der Waals surface area contributed by atoms with Gasteiger partial charge in [0, 0.05) is 27.7 Å². The molecule has 1 aromatic carbocycles. The fraction of sp³-hybridized carbons (Fsp3) is 0.267. The second-order valence-corrected chi connectivity index (χ2v) is 5.13. The highest BCUT2D eigenvalue weighted by molar-refractivity contribution is 5.84. The number of hydrogen-bond donors (Lipinski definition) is 1. The van der Waals surface area contributed by atoms with Gasteiger partial charge in [-0.1, -0.05) is 30.3 Å². The molecule has 0 aliphatic heterocycles. The zero-order chi connectivity index (χ0) is 14.8. The molecule has 1 N–H and O–H groups in total. The molecule has 0 amide bonds. The van der Waals surface area contributed by atoms with Gasteiger partial charge in [0.1, 0.15) is 0 Å². The maximum absolute atomic E-state index is 4.56. The number of nitrogens with one attached hydrogen (secondary N) is 1. The second-order valence-electron chi connectivity index (χ2n) is 5.13. The van der Waals surface area contributed by atoms with Crippen LogP contribution in [0.25, 0.3) is 11.2 Å². The standard InChI is InChI=1S/C15H18N6/c1-20(2)15-18-13(12-14(19-15)21(3)10-17-12)16-9-11-7-5-4-6-8-11/h4-8,10H,9H2,1-3H3,(H,16,18,19). The average Bonchev–Trinajstić information content (AvgIpc) is 2.87. The first-order valence-corrected chi connectivity index (χ1v) is 6.79. The van der Waals surface area contributed by atoms with E-state index in [4.69, 9.17) is 0 Å². The van der Waals surface area contributed by atoms with E-state index in [-0.39, 0.29) is 0 Å². The molecule has 2 heterocycles. The van der Waals surface area contributed by atoms with Crippen molar-refractivity contribution in [2.24, 2.45) is 7.05 Å². The smallest absolute Gasteiger partial charge is 0.228 e. The van der Waals surface area contributed by atoms with Gasteiger partial charge in [-0.25, -0.2) is 4.98 Å². The van der Waals surface area contributed by atoms with Gasteiger partial charge in [-0.2, -0.15) is 9.97 Å². The van der Waals surface area contributed by atoms with Gasteiger partial charge in [-0.15, -0.1) is 0 Å². The normalized spacial score (nSPS) is 10.8. The van der Waals surface area contributed by atoms with Crippen molar-refractivity contribution in [2.75, 3.05) is 24.3 Å². The summed E-state index contributed by atoms with van der Waals surface area (Å²) in [6, 6.07) is 10.2. The summed E-state index contributed by atoms with van der Waals surface area (Å²) in [6.07, 6.45) is 1.76. The van der Waals surface area contributed by atoms with Gasteiger partial charge < -0.3 is 14.8 Å². The highest BCUT2D eigenvalue weighted by Gasteiger charge is 2.12. The third-order valence-corrected chi connectivity index (χ3v) is 3.25. The van der Waals surface area contributed by atoms with Gasteiger partial charge in [0.25, 0.3) is 0 Å². The maximum atomic E-state index is 4.56. The number of fused-ring (bicyclic) bond motifs is 1. The van der Waals surface area contributed by atoms with Gasteiger partial charge in [0.2, 0.25) is 5.95 Å². The number of hydrogen-bond acceptors (Lipinski definition) is 5. The van der Waals surface area contributed by atoms with Gasteiger partial charge >= 0.3 is 0 Å². The van der Waals surface area contributed by atoms with Crippen molar-refractivity contribution in [3.63, 3.8) is 0 Å². The molecule has 0 unspecified atom stereocenters. The van der Waals surface area contributed by atoms with Crippen LogP contribution in [0.5, 0.6) is 0 Å². The van der Waals surface area contributed by atoms with Crippen LogP contribution in [0.3, 0.4) is 0 Å². The zero-order valence-corrected chi connectivity index (χ0v) is 12.4. The molecule has 3 aromatic rings. The van der Waals surface area contributed by atoms with Crippen molar-refractivity contribution in [3.05, 3.63) is 42.2 Å². The molecule has 0 saturated heterocycles. The van der Waals surface area contributed by atoms with E-state index in [1.165, 1.54) is 5.56 Å². The lowest BCUT2D eigenvalue weighted by Gasteiger charge is -2.13. The molecule has 2 aromatic heterocycles. The van der Waals surface area contributed by atoms with E-state index in [0.717, 1.165) is 17.0 Å². The van der Waals surface area contributed by atoms with Crippen molar-refractivity contribution in [1.29, 1.82) is 0 Å². The van der Waals surface area contributed by atoms with Crippen LogP contribution in [0.4, 0.5) is 11.8 Å². The first-order valence-electron chi connectivity index (χ1n) is 6.79. The third-order valence-electron chi connectivity index (χ3n) is 3.25. The number of benzene rings is 1. The Kier molecular flexibility index (Phi) is 3.43. The molecule has 0 atom stereocenters. The summed E-state index contributed by atoms with van der Waals surface area (Å²) in [7, 11) is 5.79. The quantitative estimate of drug-likeness (QED) is 0.793. The Bertz CT molecular complexity index is 747. The minimum Gasteiger partial charge on any atom is -0.364 e. The highest BCUT2D eigenvalue weighted by Crippen LogP contribution is 2.21. The van der Waals surface area contributed by atoms with Crippen LogP contribution in [0.1, 0.15) is 5.56 Å². The lowest BCUT2D eigenvalue weighted by atomic mass is 10.2. The molecular formula is C15H18N6. The summed E-state index contributed by atoms with van der Waals surface area (Å²) in [6.45, 7) is 0.705. The van der Waals surface area contributed by atoms with Crippen LogP contribution in [-0.4, -0.2) is 33.6 Å². The van der Waals surface area contributed by atoms with Crippen LogP contribution in [0, 0.1) is 0 Å². The minimum atomic E-state index is 0.668. The summed E-state index contributed by atoms with van der Waals surface area (Å²) in [5, 5.41) is 3.36. The number of nitrogens with zero attached hydrogens (tertiary/aromatic N) is 5. The molecule has 6 nitrogen and oxygen atoms in total. The van der Waals surface area contributed by atoms with Crippen molar-refractivity contribution in [3.8, 4) is 0 Å². The monoisotopic (exact) mass is 282 g/mol. The average molecular weight is 282 g/mol. The van der Waals surface area contributed by atoms with E-state index in [1.807, 2.05) is 48.8 Å². The van der Waals surface area contributed by atoms with E-state index in [2.05, 4.69) is 32.4 Å². The summed E-state index contributed by atoms with van der Waals surface area (Å²) >= 11 is 0. The van der Waals surface area contributed by atoms with Crippen LogP contribution in [0.2, 0.25) is 0 Å². The Morgan fingerprint density at radius 2 is 1.90 bits per heavy atom. The summed E-state index contributed by atoms with van der Waals surface area (Å²) in [4.78, 5) is 15.4. The Labute approximate surface area is 123 Å². The van der Waals surface area contributed by atoms with E-state index in [1.54, 1.807) is 6.33 Å². The van der Waals surface area contributed by atoms with Crippen molar-refractivity contribution in [1.82, 2.24) is 19.5 Å². The summed E-state index contributed by atoms with van der Waals surface area (Å²) in [5.41, 5.74) is 2.81. The first-order chi connectivity index (χ1) is 10.1. The molecule has 21 heavy (non-hydrogen) atoms.